The van der Waals surface area contributed by atoms with Crippen molar-refractivity contribution in [3.8, 4) is 0 Å². The van der Waals surface area contributed by atoms with E-state index in [1.165, 1.54) is 0 Å². The van der Waals surface area contributed by atoms with Crippen molar-refractivity contribution in [1.29, 1.82) is 0 Å². The van der Waals surface area contributed by atoms with E-state index in [1.54, 1.807) is 13.1 Å². The molecule has 0 amide bonds. The van der Waals surface area contributed by atoms with Gasteiger partial charge in [0.2, 0.25) is 0 Å². The molecule has 1 N–H and O–H groups in total. The fourth-order valence-electron chi connectivity index (χ4n) is 2.26. The van der Waals surface area contributed by atoms with E-state index >= 15 is 0 Å². The van der Waals surface area contributed by atoms with Crippen LogP contribution in [0.5, 0.6) is 0 Å². The third-order valence-electron chi connectivity index (χ3n) is 3.67. The molecule has 2 rings (SSSR count). The van der Waals surface area contributed by atoms with Gasteiger partial charge in [-0.25, -0.2) is 4.98 Å². The molecular formula is C16H21N3O3. The van der Waals surface area contributed by atoms with Crippen LogP contribution in [0.2, 0.25) is 0 Å². The highest BCUT2D eigenvalue weighted by Crippen LogP contribution is 2.21. The van der Waals surface area contributed by atoms with Crippen molar-refractivity contribution >= 4 is 11.8 Å². The fourth-order valence-corrected chi connectivity index (χ4v) is 2.26. The molecule has 6 heteroatoms. The molecule has 2 aromatic heterocycles. The van der Waals surface area contributed by atoms with Gasteiger partial charge in [-0.05, 0) is 38.5 Å². The van der Waals surface area contributed by atoms with E-state index in [9.17, 15) is 9.90 Å². The zero-order valence-electron chi connectivity index (χ0n) is 13.3. The molecule has 118 valence electrons. The molecule has 1 atom stereocenters. The molecule has 2 aromatic rings. The van der Waals surface area contributed by atoms with Gasteiger partial charge in [0.25, 0.3) is 0 Å². The number of aliphatic carboxylic acids is 1. The number of aryl methyl sites for hydroxylation is 3. The Morgan fingerprint density at radius 3 is 2.68 bits per heavy atom. The Hall–Kier alpha value is -2.37. The average Bonchev–Trinajstić information content (AvgIpc) is 2.78. The lowest BCUT2D eigenvalue weighted by atomic mass is 10.1. The van der Waals surface area contributed by atoms with Gasteiger partial charge in [-0.2, -0.15) is 0 Å². The first-order valence-electron chi connectivity index (χ1n) is 7.20. The van der Waals surface area contributed by atoms with E-state index in [0.717, 1.165) is 28.4 Å². The zero-order chi connectivity index (χ0) is 16.3. The van der Waals surface area contributed by atoms with Crippen molar-refractivity contribution in [2.45, 2.75) is 34.2 Å². The second kappa shape index (κ2) is 6.60. The number of nitrogens with zero attached hydrogens (tertiary/aromatic N) is 3. The van der Waals surface area contributed by atoms with Crippen molar-refractivity contribution < 1.29 is 14.4 Å². The van der Waals surface area contributed by atoms with Crippen molar-refractivity contribution in [1.82, 2.24) is 10.1 Å². The maximum Gasteiger partial charge on any atom is 0.308 e. The van der Waals surface area contributed by atoms with Gasteiger partial charge in [-0.1, -0.05) is 12.1 Å². The summed E-state index contributed by atoms with van der Waals surface area (Å²) in [7, 11) is 0. The van der Waals surface area contributed by atoms with Gasteiger partial charge < -0.3 is 14.5 Å². The average molecular weight is 303 g/mol. The van der Waals surface area contributed by atoms with Crippen LogP contribution in [0.15, 0.2) is 22.9 Å². The quantitative estimate of drug-likeness (QED) is 0.884. The molecule has 0 spiro atoms. The largest absolute Gasteiger partial charge is 0.481 e. The van der Waals surface area contributed by atoms with Crippen molar-refractivity contribution in [2.75, 3.05) is 11.4 Å². The van der Waals surface area contributed by atoms with Crippen LogP contribution in [-0.4, -0.2) is 27.8 Å². The monoisotopic (exact) mass is 303 g/mol. The van der Waals surface area contributed by atoms with Gasteiger partial charge in [0, 0.05) is 24.8 Å². The maximum atomic E-state index is 11.2. The molecule has 0 fully saturated rings. The summed E-state index contributed by atoms with van der Waals surface area (Å²) in [5.41, 5.74) is 2.87. The Bertz CT molecular complexity index is 647. The number of aromatic nitrogens is 2. The fraction of sp³-hybridized carbons (Fsp3) is 0.438. The summed E-state index contributed by atoms with van der Waals surface area (Å²) in [5, 5.41) is 13.1. The third-order valence-corrected chi connectivity index (χ3v) is 3.67. The highest BCUT2D eigenvalue weighted by Gasteiger charge is 2.20. The first-order valence-corrected chi connectivity index (χ1v) is 7.20. The molecular weight excluding hydrogens is 282 g/mol. The normalized spacial score (nSPS) is 12.2. The van der Waals surface area contributed by atoms with Crippen LogP contribution in [0.25, 0.3) is 0 Å². The van der Waals surface area contributed by atoms with Crippen LogP contribution in [0, 0.1) is 26.7 Å². The van der Waals surface area contributed by atoms with Crippen LogP contribution in [0.3, 0.4) is 0 Å². The lowest BCUT2D eigenvalue weighted by Gasteiger charge is -2.25. The minimum atomic E-state index is -0.823. The highest BCUT2D eigenvalue weighted by atomic mass is 16.5. The van der Waals surface area contributed by atoms with Crippen LogP contribution < -0.4 is 4.90 Å². The van der Waals surface area contributed by atoms with Crippen molar-refractivity contribution in [2.24, 2.45) is 5.92 Å². The van der Waals surface area contributed by atoms with Crippen molar-refractivity contribution in [3.05, 3.63) is 40.9 Å². The predicted molar refractivity (Wildman–Crippen MR) is 82.8 cm³/mol. The lowest BCUT2D eigenvalue weighted by molar-refractivity contribution is -0.140. The number of hydrogen-bond donors (Lipinski definition) is 1. The maximum absolute atomic E-state index is 11.2. The van der Waals surface area contributed by atoms with E-state index in [4.69, 9.17) is 4.52 Å². The predicted octanol–water partition coefficient (Wildman–Crippen LogP) is 2.72. The minimum Gasteiger partial charge on any atom is -0.481 e. The van der Waals surface area contributed by atoms with Crippen molar-refractivity contribution in [3.63, 3.8) is 0 Å². The summed E-state index contributed by atoms with van der Waals surface area (Å²) in [5.74, 6) is 0.186. The molecule has 22 heavy (non-hydrogen) atoms. The standard InChI is InChI=1S/C16H21N3O3/c1-10-5-6-17-15(7-10)19(8-11(2)16(20)21)9-14-12(3)18-22-13(14)4/h5-7,11H,8-9H2,1-4H3,(H,20,21). The smallest absolute Gasteiger partial charge is 0.308 e. The summed E-state index contributed by atoms with van der Waals surface area (Å²) in [6.07, 6.45) is 1.73. The van der Waals surface area contributed by atoms with Gasteiger partial charge >= 0.3 is 5.97 Å². The molecule has 0 saturated heterocycles. The van der Waals surface area contributed by atoms with Gasteiger partial charge in [-0.15, -0.1) is 0 Å². The second-order valence-electron chi connectivity index (χ2n) is 5.61. The Morgan fingerprint density at radius 2 is 2.14 bits per heavy atom. The number of anilines is 1. The van der Waals surface area contributed by atoms with E-state index in [-0.39, 0.29) is 0 Å². The van der Waals surface area contributed by atoms with E-state index in [1.807, 2.05) is 37.8 Å². The van der Waals surface area contributed by atoms with Gasteiger partial charge in [0.05, 0.1) is 11.6 Å². The number of rotatable bonds is 6. The number of pyridine rings is 1. The van der Waals surface area contributed by atoms with E-state index in [2.05, 4.69) is 10.1 Å². The lowest BCUT2D eigenvalue weighted by Crippen LogP contribution is -2.32. The second-order valence-corrected chi connectivity index (χ2v) is 5.61. The van der Waals surface area contributed by atoms with Crippen LogP contribution in [-0.2, 0) is 11.3 Å². The molecule has 0 aliphatic rings. The molecule has 0 aliphatic carbocycles. The molecule has 0 saturated carbocycles. The topological polar surface area (TPSA) is 79.5 Å². The van der Waals surface area contributed by atoms with E-state index in [0.29, 0.717) is 13.1 Å². The Balaban J connectivity index is 2.31. The number of hydrogen-bond acceptors (Lipinski definition) is 5. The summed E-state index contributed by atoms with van der Waals surface area (Å²) in [6.45, 7) is 8.32. The van der Waals surface area contributed by atoms with Gasteiger partial charge in [-0.3, -0.25) is 4.79 Å². The zero-order valence-corrected chi connectivity index (χ0v) is 13.3. The minimum absolute atomic E-state index is 0.371. The summed E-state index contributed by atoms with van der Waals surface area (Å²) >= 11 is 0. The first kappa shape index (κ1) is 16.0. The number of carboxylic acids is 1. The molecule has 0 aliphatic heterocycles. The van der Waals surface area contributed by atoms with Crippen LogP contribution in [0.4, 0.5) is 5.82 Å². The molecule has 0 radical (unpaired) electrons. The molecule has 2 heterocycles. The molecule has 0 bridgehead atoms. The highest BCUT2D eigenvalue weighted by molar-refractivity contribution is 5.70. The molecule has 6 nitrogen and oxygen atoms in total. The SMILES string of the molecule is Cc1ccnc(N(Cc2c(C)noc2C)CC(C)C(=O)O)c1. The van der Waals surface area contributed by atoms with E-state index < -0.39 is 11.9 Å². The Kier molecular flexibility index (Phi) is 4.80. The van der Waals surface area contributed by atoms with Gasteiger partial charge in [0.15, 0.2) is 0 Å². The summed E-state index contributed by atoms with van der Waals surface area (Å²) in [6, 6.07) is 3.87. The Labute approximate surface area is 129 Å². The Morgan fingerprint density at radius 1 is 1.41 bits per heavy atom. The van der Waals surface area contributed by atoms with Crippen LogP contribution >= 0.6 is 0 Å². The summed E-state index contributed by atoms with van der Waals surface area (Å²) in [4.78, 5) is 17.5. The molecule has 0 aromatic carbocycles. The van der Waals surface area contributed by atoms with Crippen LogP contribution in [0.1, 0.15) is 29.5 Å². The first-order chi connectivity index (χ1) is 10.4. The third kappa shape index (κ3) is 3.63. The number of carboxylic acid groups (broad SMARTS) is 1. The number of carbonyl (C=O) groups is 1. The summed E-state index contributed by atoms with van der Waals surface area (Å²) < 4.78 is 5.19. The molecule has 1 unspecified atom stereocenters. The van der Waals surface area contributed by atoms with Gasteiger partial charge in [0.1, 0.15) is 11.6 Å².